The van der Waals surface area contributed by atoms with Crippen molar-refractivity contribution < 1.29 is 9.53 Å². The molecule has 1 rings (SSSR count). The van der Waals surface area contributed by atoms with Gasteiger partial charge < -0.3 is 9.72 Å². The van der Waals surface area contributed by atoms with E-state index in [1.54, 1.807) is 6.92 Å². The van der Waals surface area contributed by atoms with Crippen molar-refractivity contribution in [2.45, 2.75) is 33.1 Å². The lowest BCUT2D eigenvalue weighted by Gasteiger charge is -2.07. The normalized spacial score (nSPS) is 12.5. The number of carbonyl (C=O) groups excluding carboxylic acids is 1. The predicted molar refractivity (Wildman–Crippen MR) is 58.3 cm³/mol. The Bertz CT molecular complexity index is 349. The van der Waals surface area contributed by atoms with Gasteiger partial charge in [0.2, 0.25) is 5.28 Å². The lowest BCUT2D eigenvalue weighted by Crippen LogP contribution is -2.09. The summed E-state index contributed by atoms with van der Waals surface area (Å²) in [4.78, 5) is 18.4. The van der Waals surface area contributed by atoms with Crippen molar-refractivity contribution in [3.63, 3.8) is 0 Å². The van der Waals surface area contributed by atoms with Gasteiger partial charge in [-0.1, -0.05) is 13.8 Å². The van der Waals surface area contributed by atoms with Gasteiger partial charge in [0.15, 0.2) is 5.69 Å². The lowest BCUT2D eigenvalue weighted by atomic mass is 10.0. The smallest absolute Gasteiger partial charge is 0.358 e. The van der Waals surface area contributed by atoms with Crippen molar-refractivity contribution in [2.24, 2.45) is 0 Å². The second kappa shape index (κ2) is 5.16. The van der Waals surface area contributed by atoms with Crippen LogP contribution >= 0.6 is 11.6 Å². The third-order valence-corrected chi connectivity index (χ3v) is 2.46. The standard InChI is InChI=1S/C10H15ClN2O2/c1-4-6(3)7-8(9(14)15-5-2)13-10(11)12-7/h6H,4-5H2,1-3H3,(H,12,13). The van der Waals surface area contributed by atoms with Gasteiger partial charge in [-0.15, -0.1) is 0 Å². The topological polar surface area (TPSA) is 55.0 Å². The number of rotatable bonds is 4. The van der Waals surface area contributed by atoms with Crippen LogP contribution in [0.3, 0.4) is 0 Å². The molecule has 0 saturated heterocycles. The molecule has 0 aromatic carbocycles. The van der Waals surface area contributed by atoms with E-state index in [4.69, 9.17) is 16.3 Å². The fraction of sp³-hybridized carbons (Fsp3) is 0.600. The molecule has 0 saturated carbocycles. The van der Waals surface area contributed by atoms with Crippen LogP contribution in [0.15, 0.2) is 0 Å². The van der Waals surface area contributed by atoms with Gasteiger partial charge in [0.25, 0.3) is 0 Å². The van der Waals surface area contributed by atoms with Crippen LogP contribution in [0.25, 0.3) is 0 Å². The second-order valence-electron chi connectivity index (χ2n) is 3.32. The van der Waals surface area contributed by atoms with Gasteiger partial charge in [0.1, 0.15) is 0 Å². The number of H-pyrrole nitrogens is 1. The first-order valence-electron chi connectivity index (χ1n) is 5.02. The van der Waals surface area contributed by atoms with E-state index in [-0.39, 0.29) is 11.2 Å². The summed E-state index contributed by atoms with van der Waals surface area (Å²) in [5.74, 6) is -0.208. The second-order valence-corrected chi connectivity index (χ2v) is 3.68. The summed E-state index contributed by atoms with van der Waals surface area (Å²) in [5, 5.41) is 0.230. The third kappa shape index (κ3) is 2.72. The highest BCUT2D eigenvalue weighted by atomic mass is 35.5. The Balaban J connectivity index is 3.00. The Morgan fingerprint density at radius 1 is 1.60 bits per heavy atom. The first-order chi connectivity index (χ1) is 7.10. The summed E-state index contributed by atoms with van der Waals surface area (Å²) in [6.07, 6.45) is 0.908. The number of ether oxygens (including phenoxy) is 1. The molecule has 0 aliphatic rings. The van der Waals surface area contributed by atoms with Crippen LogP contribution in [-0.4, -0.2) is 22.5 Å². The van der Waals surface area contributed by atoms with Gasteiger partial charge in [-0.3, -0.25) is 0 Å². The van der Waals surface area contributed by atoms with Gasteiger partial charge >= 0.3 is 5.97 Å². The first kappa shape index (κ1) is 12.0. The van der Waals surface area contributed by atoms with Crippen LogP contribution in [0.4, 0.5) is 0 Å². The van der Waals surface area contributed by atoms with E-state index in [0.717, 1.165) is 12.1 Å². The van der Waals surface area contributed by atoms with Crippen molar-refractivity contribution in [3.8, 4) is 0 Å². The number of esters is 1. The van der Waals surface area contributed by atoms with Crippen molar-refractivity contribution in [2.75, 3.05) is 6.61 Å². The number of nitrogens with zero attached hydrogens (tertiary/aromatic N) is 1. The van der Waals surface area contributed by atoms with Crippen LogP contribution in [0.2, 0.25) is 5.28 Å². The molecule has 5 heteroatoms. The van der Waals surface area contributed by atoms with E-state index in [2.05, 4.69) is 9.97 Å². The lowest BCUT2D eigenvalue weighted by molar-refractivity contribution is 0.0518. The molecule has 0 bridgehead atoms. The van der Waals surface area contributed by atoms with Crippen LogP contribution in [0.1, 0.15) is 49.3 Å². The molecular weight excluding hydrogens is 216 g/mol. The summed E-state index contributed by atoms with van der Waals surface area (Å²) >= 11 is 5.74. The molecule has 0 aliphatic heterocycles. The van der Waals surface area contributed by atoms with Crippen LogP contribution in [0.5, 0.6) is 0 Å². The largest absolute Gasteiger partial charge is 0.461 e. The molecule has 0 radical (unpaired) electrons. The number of carbonyl (C=O) groups is 1. The summed E-state index contributed by atoms with van der Waals surface area (Å²) < 4.78 is 4.90. The van der Waals surface area contributed by atoms with Crippen molar-refractivity contribution in [1.29, 1.82) is 0 Å². The number of imidazole rings is 1. The van der Waals surface area contributed by atoms with Crippen molar-refractivity contribution in [1.82, 2.24) is 9.97 Å². The van der Waals surface area contributed by atoms with E-state index in [1.807, 2.05) is 13.8 Å². The molecule has 1 atom stereocenters. The summed E-state index contributed by atoms with van der Waals surface area (Å²) in [6.45, 7) is 6.14. The van der Waals surface area contributed by atoms with Gasteiger partial charge in [-0.25, -0.2) is 9.78 Å². The Kier molecular flexibility index (Phi) is 4.15. The monoisotopic (exact) mass is 230 g/mol. The van der Waals surface area contributed by atoms with Gasteiger partial charge in [0.05, 0.1) is 12.3 Å². The molecule has 0 spiro atoms. The average molecular weight is 231 g/mol. The SMILES string of the molecule is CCOC(=O)c1nc(Cl)[nH]c1C(C)CC. The fourth-order valence-corrected chi connectivity index (χ4v) is 1.46. The molecule has 1 heterocycles. The highest BCUT2D eigenvalue weighted by Crippen LogP contribution is 2.22. The average Bonchev–Trinajstić information content (AvgIpc) is 2.59. The minimum Gasteiger partial charge on any atom is -0.461 e. The van der Waals surface area contributed by atoms with Gasteiger partial charge in [-0.05, 0) is 30.9 Å². The molecule has 0 aliphatic carbocycles. The molecule has 1 aromatic rings. The van der Waals surface area contributed by atoms with Crippen LogP contribution in [0, 0.1) is 0 Å². The number of hydrogen-bond donors (Lipinski definition) is 1. The first-order valence-corrected chi connectivity index (χ1v) is 5.40. The zero-order chi connectivity index (χ0) is 11.4. The number of nitrogens with one attached hydrogen (secondary N) is 1. The molecular formula is C10H15ClN2O2. The quantitative estimate of drug-likeness (QED) is 0.810. The van der Waals surface area contributed by atoms with E-state index in [9.17, 15) is 4.79 Å². The van der Waals surface area contributed by atoms with E-state index in [0.29, 0.717) is 12.3 Å². The maximum absolute atomic E-state index is 11.5. The highest BCUT2D eigenvalue weighted by Gasteiger charge is 2.21. The molecule has 1 aromatic heterocycles. The minimum atomic E-state index is -0.420. The summed E-state index contributed by atoms with van der Waals surface area (Å²) in [6, 6.07) is 0. The van der Waals surface area contributed by atoms with Crippen molar-refractivity contribution >= 4 is 17.6 Å². The molecule has 15 heavy (non-hydrogen) atoms. The fourth-order valence-electron chi connectivity index (χ4n) is 1.27. The molecule has 4 nitrogen and oxygen atoms in total. The summed E-state index contributed by atoms with van der Waals surface area (Å²) in [5.41, 5.74) is 1.05. The zero-order valence-corrected chi connectivity index (χ0v) is 9.89. The Hall–Kier alpha value is -1.03. The zero-order valence-electron chi connectivity index (χ0n) is 9.13. The number of halogens is 1. The number of aromatic nitrogens is 2. The molecule has 0 amide bonds. The van der Waals surface area contributed by atoms with E-state index < -0.39 is 5.97 Å². The maximum Gasteiger partial charge on any atom is 0.358 e. The minimum absolute atomic E-state index is 0.212. The third-order valence-electron chi connectivity index (χ3n) is 2.28. The van der Waals surface area contributed by atoms with Crippen LogP contribution in [-0.2, 0) is 4.74 Å². The molecule has 1 unspecified atom stereocenters. The Morgan fingerprint density at radius 3 is 2.80 bits per heavy atom. The Labute approximate surface area is 94.0 Å². The molecule has 1 N–H and O–H groups in total. The maximum atomic E-state index is 11.5. The molecule has 0 fully saturated rings. The molecule has 84 valence electrons. The van der Waals surface area contributed by atoms with Gasteiger partial charge in [-0.2, -0.15) is 0 Å². The summed E-state index contributed by atoms with van der Waals surface area (Å²) in [7, 11) is 0. The van der Waals surface area contributed by atoms with E-state index in [1.165, 1.54) is 0 Å². The van der Waals surface area contributed by atoms with E-state index >= 15 is 0 Å². The van der Waals surface area contributed by atoms with Crippen molar-refractivity contribution in [3.05, 3.63) is 16.7 Å². The highest BCUT2D eigenvalue weighted by molar-refractivity contribution is 6.28. The Morgan fingerprint density at radius 2 is 2.27 bits per heavy atom. The van der Waals surface area contributed by atoms with Gasteiger partial charge in [0, 0.05) is 0 Å². The number of hydrogen-bond acceptors (Lipinski definition) is 3. The predicted octanol–water partition coefficient (Wildman–Crippen LogP) is 2.75. The van der Waals surface area contributed by atoms with Crippen LogP contribution < -0.4 is 0 Å². The number of aromatic amines is 1.